The Kier molecular flexibility index (Phi) is 65.9. The second-order valence-corrected chi connectivity index (χ2v) is 28.3. The lowest BCUT2D eigenvalue weighted by molar-refractivity contribution is -0.870. The summed E-state index contributed by atoms with van der Waals surface area (Å²) in [7, 11) is 1.49. The lowest BCUT2D eigenvalue weighted by Gasteiger charge is -2.27. The summed E-state index contributed by atoms with van der Waals surface area (Å²) in [5, 5.41) is 3.07. The zero-order chi connectivity index (χ0) is 64.9. The number of carbonyl (C=O) groups is 2. The predicted molar refractivity (Wildman–Crippen MR) is 388 cm³/mol. The van der Waals surface area contributed by atoms with Crippen LogP contribution in [-0.4, -0.2) is 74.3 Å². The predicted octanol–water partition coefficient (Wildman–Crippen LogP) is 24.5. The molecule has 0 aliphatic rings. The van der Waals surface area contributed by atoms with Gasteiger partial charge < -0.3 is 19.4 Å². The third-order valence-electron chi connectivity index (χ3n) is 16.8. The molecule has 3 unspecified atom stereocenters. The van der Waals surface area contributed by atoms with Crippen LogP contribution in [0.25, 0.3) is 0 Å². The third kappa shape index (κ3) is 69.4. The lowest BCUT2D eigenvalue weighted by atomic mass is 10.0. The Labute approximate surface area is 552 Å². The van der Waals surface area contributed by atoms with E-state index in [-0.39, 0.29) is 31.5 Å². The smallest absolute Gasteiger partial charge is 0.456 e. The lowest BCUT2D eigenvalue weighted by Crippen LogP contribution is -2.47. The Morgan fingerprint density at radius 1 is 0.393 bits per heavy atom. The van der Waals surface area contributed by atoms with Crippen LogP contribution in [0.15, 0.2) is 85.1 Å². The number of unbranched alkanes of at least 4 members (excludes halogenated alkanes) is 41. The molecule has 0 heterocycles. The van der Waals surface area contributed by atoms with Gasteiger partial charge in [-0.2, -0.15) is 0 Å². The summed E-state index contributed by atoms with van der Waals surface area (Å²) >= 11 is 0. The minimum atomic E-state index is -4.46. The van der Waals surface area contributed by atoms with E-state index in [1.165, 1.54) is 225 Å². The Bertz CT molecular complexity index is 1800. The summed E-state index contributed by atoms with van der Waals surface area (Å²) in [5.41, 5.74) is 0. The molecule has 0 fully saturated rings. The van der Waals surface area contributed by atoms with E-state index in [0.29, 0.717) is 17.4 Å². The number of amides is 1. The van der Waals surface area contributed by atoms with Crippen LogP contribution in [0.1, 0.15) is 355 Å². The number of likely N-dealkylation sites (N-methyl/N-ethyl adjacent to an activating group) is 1. The van der Waals surface area contributed by atoms with Crippen LogP contribution < -0.4 is 5.32 Å². The van der Waals surface area contributed by atoms with Crippen molar-refractivity contribution in [1.82, 2.24) is 5.32 Å². The van der Waals surface area contributed by atoms with E-state index < -0.39 is 20.0 Å². The first-order chi connectivity index (χ1) is 43.4. The highest BCUT2D eigenvalue weighted by atomic mass is 31.2. The number of phosphoric ester groups is 1. The van der Waals surface area contributed by atoms with Gasteiger partial charge in [0.1, 0.15) is 19.3 Å². The molecule has 9 nitrogen and oxygen atoms in total. The Balaban J connectivity index is 5.04. The van der Waals surface area contributed by atoms with Crippen molar-refractivity contribution in [2.24, 2.45) is 0 Å². The minimum Gasteiger partial charge on any atom is -0.456 e. The highest BCUT2D eigenvalue weighted by Gasteiger charge is 2.30. The SMILES string of the molecule is CCCCC/C=C\C/C=C\C/C=C\C/C=C\CCCCCCCCCC(=O)NC(COP(=O)(O)OCC[N+](C)(C)C)C(/C=C/CCCCCCCCCCCCC)OC(=O)CCCCCCCCCCCCCCCCCCC/C=C\C/C=C\CCCCC. The molecule has 0 radical (unpaired) electrons. The van der Waals surface area contributed by atoms with E-state index in [4.69, 9.17) is 13.8 Å². The maximum absolute atomic E-state index is 13.6. The number of esters is 1. The van der Waals surface area contributed by atoms with Crippen molar-refractivity contribution in [2.45, 2.75) is 367 Å². The van der Waals surface area contributed by atoms with Crippen molar-refractivity contribution in [3.8, 4) is 0 Å². The standard InChI is InChI=1S/C79H145N2O7P/c1-7-10-13-16-19-22-25-28-30-32-34-36-38-39-40-41-43-45-47-49-51-54-57-60-63-66-69-72-79(83)88-77(70-67-64-61-58-55-52-27-24-21-18-15-12-9-3)76(75-87-89(84,85)86-74-73-81(4,5)6)80-78(82)71-68-65-62-59-56-53-50-48-46-44-42-37-35-33-31-29-26-23-20-17-14-11-8-2/h19-20,22-23,28-31,35,37,44,46,67,70,76-77H,7-18,21,24-27,32-34,36,38-43,45,47-66,68-69,71-75H2,1-6H3,(H-,80,82,84,85)/p+1/b22-19-,23-20-,30-28-,31-29-,37-35-,46-44-,70-67+. The quantitative estimate of drug-likeness (QED) is 0.0205. The number of nitrogens with one attached hydrogen (secondary N) is 1. The van der Waals surface area contributed by atoms with Gasteiger partial charge in [-0.3, -0.25) is 18.6 Å². The topological polar surface area (TPSA) is 111 Å². The number of phosphoric acid groups is 1. The maximum atomic E-state index is 13.6. The van der Waals surface area contributed by atoms with Gasteiger partial charge in [-0.15, -0.1) is 0 Å². The number of nitrogens with zero attached hydrogens (tertiary/aromatic N) is 1. The van der Waals surface area contributed by atoms with Crippen LogP contribution in [0.3, 0.4) is 0 Å². The van der Waals surface area contributed by atoms with Crippen LogP contribution in [0.5, 0.6) is 0 Å². The van der Waals surface area contributed by atoms with Gasteiger partial charge >= 0.3 is 13.8 Å². The first-order valence-electron chi connectivity index (χ1n) is 37.9. The number of ether oxygens (including phenoxy) is 1. The van der Waals surface area contributed by atoms with Crippen molar-refractivity contribution < 1.29 is 37.3 Å². The number of carbonyl (C=O) groups excluding carboxylic acids is 2. The summed E-state index contributed by atoms with van der Waals surface area (Å²) in [6.45, 7) is 6.99. The third-order valence-corrected chi connectivity index (χ3v) is 17.8. The van der Waals surface area contributed by atoms with Gasteiger partial charge in [-0.25, -0.2) is 4.57 Å². The molecule has 2 N–H and O–H groups in total. The summed E-state index contributed by atoms with van der Waals surface area (Å²) in [5.74, 6) is -0.506. The zero-order valence-electron chi connectivity index (χ0n) is 59.4. The van der Waals surface area contributed by atoms with Gasteiger partial charge in [0.2, 0.25) is 5.91 Å². The van der Waals surface area contributed by atoms with Crippen molar-refractivity contribution in [1.29, 1.82) is 0 Å². The van der Waals surface area contributed by atoms with E-state index >= 15 is 0 Å². The van der Waals surface area contributed by atoms with Crippen LogP contribution in [0, 0.1) is 0 Å². The summed E-state index contributed by atoms with van der Waals surface area (Å²) < 4.78 is 30.9. The minimum absolute atomic E-state index is 0.0362. The normalized spacial score (nSPS) is 13.9. The second-order valence-electron chi connectivity index (χ2n) is 26.8. The fraction of sp³-hybridized carbons (Fsp3) is 0.797. The Morgan fingerprint density at radius 2 is 0.685 bits per heavy atom. The molecule has 0 rings (SSSR count). The van der Waals surface area contributed by atoms with Crippen LogP contribution >= 0.6 is 7.82 Å². The fourth-order valence-corrected chi connectivity index (χ4v) is 11.7. The van der Waals surface area contributed by atoms with Crippen molar-refractivity contribution in [3.05, 3.63) is 85.1 Å². The van der Waals surface area contributed by atoms with Crippen molar-refractivity contribution in [2.75, 3.05) is 40.9 Å². The number of quaternary nitrogens is 1. The molecule has 0 saturated heterocycles. The summed E-state index contributed by atoms with van der Waals surface area (Å²) in [6.07, 6.45) is 91.7. The first-order valence-corrected chi connectivity index (χ1v) is 39.4. The van der Waals surface area contributed by atoms with E-state index in [9.17, 15) is 19.0 Å². The zero-order valence-corrected chi connectivity index (χ0v) is 60.3. The fourth-order valence-electron chi connectivity index (χ4n) is 11.0. The van der Waals surface area contributed by atoms with Crippen LogP contribution in [0.4, 0.5) is 0 Å². The Hall–Kier alpha value is -2.81. The average Bonchev–Trinajstić information content (AvgIpc) is 3.64. The maximum Gasteiger partial charge on any atom is 0.472 e. The second kappa shape index (κ2) is 68.1. The molecule has 0 aliphatic heterocycles. The molecule has 0 spiro atoms. The van der Waals surface area contributed by atoms with Gasteiger partial charge in [-0.05, 0) is 109 Å². The van der Waals surface area contributed by atoms with Gasteiger partial charge in [0.25, 0.3) is 0 Å². The van der Waals surface area contributed by atoms with Gasteiger partial charge in [0.05, 0.1) is 33.8 Å². The first kappa shape index (κ1) is 86.2. The van der Waals surface area contributed by atoms with Gasteiger partial charge in [-0.1, -0.05) is 318 Å². The molecule has 3 atom stereocenters. The molecule has 518 valence electrons. The van der Waals surface area contributed by atoms with Crippen LogP contribution in [-0.2, 0) is 27.9 Å². The molecule has 1 amide bonds. The molecule has 0 aromatic carbocycles. The summed E-state index contributed by atoms with van der Waals surface area (Å²) in [6, 6.07) is -0.859. The number of allylic oxidation sites excluding steroid dienone is 13. The molecule has 0 bridgehead atoms. The number of hydrogen-bond acceptors (Lipinski definition) is 6. The van der Waals surface area contributed by atoms with E-state index in [0.717, 1.165) is 96.3 Å². The highest BCUT2D eigenvalue weighted by molar-refractivity contribution is 7.47. The number of rotatable bonds is 69. The molecule has 0 aromatic rings. The average molecular weight is 1270 g/mol. The molecule has 0 aliphatic carbocycles. The molecule has 10 heteroatoms. The van der Waals surface area contributed by atoms with Crippen molar-refractivity contribution >= 4 is 19.7 Å². The van der Waals surface area contributed by atoms with E-state index in [1.807, 2.05) is 33.3 Å². The Morgan fingerprint density at radius 3 is 1.04 bits per heavy atom. The molecule has 89 heavy (non-hydrogen) atoms. The highest BCUT2D eigenvalue weighted by Crippen LogP contribution is 2.43. The molecular formula is C79H146N2O7P+. The molecule has 0 aromatic heterocycles. The monoisotopic (exact) mass is 1270 g/mol. The van der Waals surface area contributed by atoms with E-state index in [1.54, 1.807) is 0 Å². The van der Waals surface area contributed by atoms with Crippen LogP contribution in [0.2, 0.25) is 0 Å². The van der Waals surface area contributed by atoms with Gasteiger partial charge in [0.15, 0.2) is 0 Å². The number of hydrogen-bond donors (Lipinski definition) is 2. The largest absolute Gasteiger partial charge is 0.472 e. The van der Waals surface area contributed by atoms with Crippen molar-refractivity contribution in [3.63, 3.8) is 0 Å². The van der Waals surface area contributed by atoms with E-state index in [2.05, 4.69) is 99.0 Å². The molecular weight excluding hydrogens is 1120 g/mol. The summed E-state index contributed by atoms with van der Waals surface area (Å²) in [4.78, 5) is 38.0. The molecule has 0 saturated carbocycles. The van der Waals surface area contributed by atoms with Gasteiger partial charge in [0, 0.05) is 12.8 Å².